The zero-order valence-corrected chi connectivity index (χ0v) is 32.1. The zero-order chi connectivity index (χ0) is 36.6. The van der Waals surface area contributed by atoms with Crippen molar-refractivity contribution in [2.24, 2.45) is 17.3 Å². The number of halogens is 2. The van der Waals surface area contributed by atoms with Crippen LogP contribution < -0.4 is 10.4 Å². The van der Waals surface area contributed by atoms with Crippen molar-refractivity contribution in [2.45, 2.75) is 70.0 Å². The summed E-state index contributed by atoms with van der Waals surface area (Å²) in [5.74, 6) is -2.98. The Bertz CT molecular complexity index is 1790. The summed E-state index contributed by atoms with van der Waals surface area (Å²) < 4.78 is 7.53. The number of benzene rings is 4. The van der Waals surface area contributed by atoms with Gasteiger partial charge < -0.3 is 19.5 Å². The summed E-state index contributed by atoms with van der Waals surface area (Å²) in [5.41, 5.74) is 0.378. The molecule has 9 heteroatoms. The Morgan fingerprint density at radius 3 is 1.96 bits per heavy atom. The van der Waals surface area contributed by atoms with Crippen molar-refractivity contribution < 1.29 is 24.2 Å². The van der Waals surface area contributed by atoms with Crippen molar-refractivity contribution in [3.05, 3.63) is 130 Å². The predicted octanol–water partition coefficient (Wildman–Crippen LogP) is 8.11. The maximum atomic E-state index is 15.3. The lowest BCUT2D eigenvalue weighted by molar-refractivity contribution is -0.171. The van der Waals surface area contributed by atoms with E-state index in [4.69, 9.17) is 27.6 Å². The average molecular weight is 745 g/mol. The van der Waals surface area contributed by atoms with Crippen molar-refractivity contribution in [1.82, 2.24) is 4.90 Å². The standard InChI is InChI=1S/C42H47Cl2NO5Si/c1-41(2,3)51(33-14-7-5-8-15-33,34-16-9-6-10-17-34)50-27-37(28-18-19-28)45-38(29-20-22-31(43)23-21-29)35(30-12-11-13-32(44)24-30)25-42(4,40(45)49)36(26-46)39(47)48/h5-17,20-24,28,35-38,46H,18-19,25-27H2,1-4H3,(H,47,48)/t35-,36?,37?,38-,42-/m1/s1. The highest BCUT2D eigenvalue weighted by atomic mass is 35.5. The summed E-state index contributed by atoms with van der Waals surface area (Å²) in [5, 5.41) is 24.1. The van der Waals surface area contributed by atoms with Gasteiger partial charge in [-0.15, -0.1) is 0 Å². The lowest BCUT2D eigenvalue weighted by Crippen LogP contribution is -2.68. The van der Waals surface area contributed by atoms with Crippen LogP contribution in [-0.4, -0.2) is 54.6 Å². The lowest BCUT2D eigenvalue weighted by Gasteiger charge is -2.54. The molecule has 0 radical (unpaired) electrons. The first kappa shape index (κ1) is 37.3. The van der Waals surface area contributed by atoms with Crippen LogP contribution in [0.1, 0.15) is 70.0 Å². The van der Waals surface area contributed by atoms with Gasteiger partial charge in [0, 0.05) is 16.0 Å². The fourth-order valence-corrected chi connectivity index (χ4v) is 13.4. The van der Waals surface area contributed by atoms with Crippen molar-refractivity contribution in [3.8, 4) is 0 Å². The van der Waals surface area contributed by atoms with E-state index in [-0.39, 0.29) is 41.9 Å². The molecule has 2 fully saturated rings. The number of hydrogen-bond donors (Lipinski definition) is 2. The summed E-state index contributed by atoms with van der Waals surface area (Å²) in [7, 11) is -3.00. The van der Waals surface area contributed by atoms with Gasteiger partial charge in [-0.3, -0.25) is 9.59 Å². The topological polar surface area (TPSA) is 87.1 Å². The van der Waals surface area contributed by atoms with E-state index in [1.807, 2.05) is 65.6 Å². The third kappa shape index (κ3) is 7.16. The maximum Gasteiger partial charge on any atom is 0.309 e. The minimum atomic E-state index is -3.00. The van der Waals surface area contributed by atoms with Gasteiger partial charge in [-0.25, -0.2) is 0 Å². The number of hydrogen-bond acceptors (Lipinski definition) is 4. The van der Waals surface area contributed by atoms with Crippen LogP contribution in [0.2, 0.25) is 15.1 Å². The number of aliphatic hydroxyl groups is 1. The fraction of sp³-hybridized carbons (Fsp3) is 0.381. The monoisotopic (exact) mass is 743 g/mol. The molecule has 1 heterocycles. The molecule has 1 amide bonds. The van der Waals surface area contributed by atoms with Crippen molar-refractivity contribution >= 4 is 53.8 Å². The Kier molecular flexibility index (Phi) is 10.9. The maximum absolute atomic E-state index is 15.3. The molecule has 1 saturated carbocycles. The second-order valence-electron chi connectivity index (χ2n) is 15.4. The van der Waals surface area contributed by atoms with Gasteiger partial charge >= 0.3 is 5.97 Å². The Balaban J connectivity index is 1.55. The van der Waals surface area contributed by atoms with Crippen LogP contribution >= 0.6 is 23.2 Å². The minimum absolute atomic E-state index is 0.154. The lowest BCUT2D eigenvalue weighted by atomic mass is 9.63. The van der Waals surface area contributed by atoms with E-state index in [0.29, 0.717) is 10.0 Å². The number of nitrogens with zero attached hydrogens (tertiary/aromatic N) is 1. The SMILES string of the molecule is CC(C)(C)[Si](OCC(C1CC1)N1C(=O)[C@@](C)(C(CO)C(=O)O)C[C@H](c2cccc(Cl)c2)[C@H]1c1ccc(Cl)cc1)(c1ccccc1)c1ccccc1. The molecule has 51 heavy (non-hydrogen) atoms. The van der Waals surface area contributed by atoms with Crippen LogP contribution in [0.5, 0.6) is 0 Å². The van der Waals surface area contributed by atoms with Crippen LogP contribution in [0.25, 0.3) is 0 Å². The largest absolute Gasteiger partial charge is 0.481 e. The van der Waals surface area contributed by atoms with Gasteiger partial charge in [0.1, 0.15) is 0 Å². The van der Waals surface area contributed by atoms with Crippen LogP contribution in [0.3, 0.4) is 0 Å². The van der Waals surface area contributed by atoms with Crippen LogP contribution in [0.15, 0.2) is 109 Å². The van der Waals surface area contributed by atoms with Crippen LogP contribution in [0.4, 0.5) is 0 Å². The molecular formula is C42H47Cl2NO5Si. The molecule has 268 valence electrons. The first-order valence-electron chi connectivity index (χ1n) is 17.7. The molecule has 1 aliphatic heterocycles. The highest BCUT2D eigenvalue weighted by molar-refractivity contribution is 6.99. The number of carboxylic acids is 1. The summed E-state index contributed by atoms with van der Waals surface area (Å²) in [4.78, 5) is 30.1. The number of aliphatic carboxylic acids is 1. The Labute approximate surface area is 312 Å². The second kappa shape index (κ2) is 14.9. The first-order chi connectivity index (χ1) is 24.3. The minimum Gasteiger partial charge on any atom is -0.481 e. The molecule has 6 nitrogen and oxygen atoms in total. The van der Waals surface area contributed by atoms with Gasteiger partial charge in [0.2, 0.25) is 5.91 Å². The highest BCUT2D eigenvalue weighted by Crippen LogP contribution is 2.55. The molecule has 5 atom stereocenters. The van der Waals surface area contributed by atoms with Gasteiger partial charge in [-0.1, -0.05) is 129 Å². The third-order valence-corrected chi connectivity index (χ3v) is 16.7. The fourth-order valence-electron chi connectivity index (χ4n) is 8.46. The van der Waals surface area contributed by atoms with Gasteiger partial charge in [0.25, 0.3) is 8.32 Å². The van der Waals surface area contributed by atoms with E-state index >= 15 is 4.79 Å². The molecule has 1 aliphatic carbocycles. The normalized spacial score (nSPS) is 22.4. The quantitative estimate of drug-likeness (QED) is 0.143. The molecule has 2 unspecified atom stereocenters. The number of carbonyl (C=O) groups excluding carboxylic acids is 1. The van der Waals surface area contributed by atoms with E-state index in [1.165, 1.54) is 0 Å². The molecular weight excluding hydrogens is 697 g/mol. The Morgan fingerprint density at radius 2 is 1.47 bits per heavy atom. The van der Waals surface area contributed by atoms with Gasteiger partial charge in [0.15, 0.2) is 0 Å². The molecule has 0 bridgehead atoms. The summed E-state index contributed by atoms with van der Waals surface area (Å²) >= 11 is 13.0. The number of carbonyl (C=O) groups is 2. The number of piperidine rings is 1. The number of rotatable bonds is 12. The number of likely N-dealkylation sites (tertiary alicyclic amines) is 1. The average Bonchev–Trinajstić information content (AvgIpc) is 3.95. The third-order valence-electron chi connectivity index (χ3n) is 11.2. The highest BCUT2D eigenvalue weighted by Gasteiger charge is 2.59. The summed E-state index contributed by atoms with van der Waals surface area (Å²) in [6, 6.07) is 35.2. The smallest absolute Gasteiger partial charge is 0.309 e. The summed E-state index contributed by atoms with van der Waals surface area (Å²) in [6.07, 6.45) is 2.06. The number of aliphatic hydroxyl groups excluding tert-OH is 1. The molecule has 2 N–H and O–H groups in total. The summed E-state index contributed by atoms with van der Waals surface area (Å²) in [6.45, 7) is 8.02. The molecule has 2 aliphatic rings. The molecule has 0 aromatic heterocycles. The molecule has 4 aromatic rings. The van der Waals surface area contributed by atoms with E-state index in [9.17, 15) is 15.0 Å². The van der Waals surface area contributed by atoms with Crippen LogP contribution in [0, 0.1) is 17.3 Å². The number of amides is 1. The first-order valence-corrected chi connectivity index (χ1v) is 20.4. The van der Waals surface area contributed by atoms with Crippen LogP contribution in [-0.2, 0) is 14.0 Å². The van der Waals surface area contributed by atoms with Gasteiger partial charge in [-0.05, 0) is 82.9 Å². The molecule has 4 aromatic carbocycles. The predicted molar refractivity (Wildman–Crippen MR) is 206 cm³/mol. The van der Waals surface area contributed by atoms with Crippen molar-refractivity contribution in [3.63, 3.8) is 0 Å². The Morgan fingerprint density at radius 1 is 0.882 bits per heavy atom. The van der Waals surface area contributed by atoms with Gasteiger partial charge in [-0.2, -0.15) is 0 Å². The molecule has 0 spiro atoms. The molecule has 6 rings (SSSR count). The van der Waals surface area contributed by atoms with Crippen molar-refractivity contribution in [1.29, 1.82) is 0 Å². The zero-order valence-electron chi connectivity index (χ0n) is 29.6. The van der Waals surface area contributed by atoms with Crippen molar-refractivity contribution in [2.75, 3.05) is 13.2 Å². The Hall–Kier alpha value is -3.46. The molecule has 1 saturated heterocycles. The van der Waals surface area contributed by atoms with Gasteiger partial charge in [0.05, 0.1) is 36.6 Å². The van der Waals surface area contributed by atoms with E-state index < -0.39 is 38.3 Å². The van der Waals surface area contributed by atoms with E-state index in [0.717, 1.165) is 34.3 Å². The van der Waals surface area contributed by atoms with E-state index in [1.54, 1.807) is 6.92 Å². The number of carboxylic acid groups (broad SMARTS) is 1. The van der Waals surface area contributed by atoms with E-state index in [2.05, 4.69) is 69.3 Å². The second-order valence-corrected chi connectivity index (χ2v) is 20.6.